The molecule has 1 saturated heterocycles. The molecule has 0 aromatic carbocycles. The van der Waals surface area contributed by atoms with Gasteiger partial charge in [-0.05, 0) is 44.1 Å². The van der Waals surface area contributed by atoms with Crippen LogP contribution in [0.15, 0.2) is 0 Å². The van der Waals surface area contributed by atoms with Crippen LogP contribution < -0.4 is 0 Å². The first-order valence-corrected chi connectivity index (χ1v) is 11.7. The highest BCUT2D eigenvalue weighted by atomic mass is 16.5. The number of hydrogen-bond donors (Lipinski definition) is 3. The molecular formula is C23H37NO5. The van der Waals surface area contributed by atoms with Gasteiger partial charge in [-0.3, -0.25) is 4.90 Å². The maximum absolute atomic E-state index is 11.7. The Hall–Kier alpha value is -0.240. The van der Waals surface area contributed by atoms with Gasteiger partial charge in [0.05, 0.1) is 30.5 Å². The van der Waals surface area contributed by atoms with Gasteiger partial charge in [0.2, 0.25) is 0 Å². The molecule has 6 aliphatic rings. The van der Waals surface area contributed by atoms with E-state index < -0.39 is 11.7 Å². The molecule has 6 unspecified atom stereocenters. The van der Waals surface area contributed by atoms with Crippen molar-refractivity contribution in [2.45, 2.75) is 69.0 Å². The second kappa shape index (κ2) is 5.96. The van der Waals surface area contributed by atoms with E-state index in [1.807, 2.05) is 7.11 Å². The van der Waals surface area contributed by atoms with Gasteiger partial charge in [0, 0.05) is 61.8 Å². The van der Waals surface area contributed by atoms with Gasteiger partial charge >= 0.3 is 0 Å². The number of fused-ring (bicyclic) bond motifs is 2. The first kappa shape index (κ1) is 19.4. The lowest BCUT2D eigenvalue weighted by Crippen LogP contribution is -2.76. The number of piperidine rings is 1. The molecule has 3 N–H and O–H groups in total. The number of methoxy groups -OCH3 is 2. The third-order valence-corrected chi connectivity index (χ3v) is 11.1. The highest BCUT2D eigenvalue weighted by Gasteiger charge is 2.83. The Morgan fingerprint density at radius 2 is 1.93 bits per heavy atom. The molecule has 0 aromatic rings. The quantitative estimate of drug-likeness (QED) is 0.642. The molecular weight excluding hydrogens is 370 g/mol. The zero-order valence-corrected chi connectivity index (χ0v) is 18.0. The van der Waals surface area contributed by atoms with Crippen molar-refractivity contribution in [2.24, 2.45) is 40.4 Å². The predicted octanol–water partition coefficient (Wildman–Crippen LogP) is 0.877. The summed E-state index contributed by atoms with van der Waals surface area (Å²) in [6, 6.07) is 0.273. The fourth-order valence-corrected chi connectivity index (χ4v) is 10.4. The van der Waals surface area contributed by atoms with Crippen LogP contribution in [0, 0.1) is 40.4 Å². The summed E-state index contributed by atoms with van der Waals surface area (Å²) in [7, 11) is 3.60. The summed E-state index contributed by atoms with van der Waals surface area (Å²) >= 11 is 0. The van der Waals surface area contributed by atoms with Crippen molar-refractivity contribution in [2.75, 3.05) is 33.9 Å². The van der Waals surface area contributed by atoms with Gasteiger partial charge in [-0.25, -0.2) is 0 Å². The zero-order chi connectivity index (χ0) is 20.3. The van der Waals surface area contributed by atoms with Crippen LogP contribution in [-0.2, 0) is 9.47 Å². The first-order valence-electron chi connectivity index (χ1n) is 11.7. The molecule has 29 heavy (non-hydrogen) atoms. The molecule has 1 spiro atoms. The van der Waals surface area contributed by atoms with Crippen LogP contribution in [0.5, 0.6) is 0 Å². The molecule has 6 heteroatoms. The lowest BCUT2D eigenvalue weighted by molar-refractivity contribution is -0.277. The summed E-state index contributed by atoms with van der Waals surface area (Å²) in [4.78, 5) is 2.57. The predicted molar refractivity (Wildman–Crippen MR) is 106 cm³/mol. The zero-order valence-electron chi connectivity index (χ0n) is 18.0. The van der Waals surface area contributed by atoms with Crippen molar-refractivity contribution >= 4 is 0 Å². The molecule has 5 aliphatic carbocycles. The second-order valence-electron chi connectivity index (χ2n) is 11.1. The number of aliphatic hydroxyl groups excluding tert-OH is 3. The van der Waals surface area contributed by atoms with E-state index in [9.17, 15) is 15.3 Å². The average Bonchev–Trinajstić information content (AvgIpc) is 3.14. The third kappa shape index (κ3) is 1.85. The molecule has 5 saturated carbocycles. The van der Waals surface area contributed by atoms with E-state index in [2.05, 4.69) is 11.8 Å². The number of likely N-dealkylation sites (tertiary alicyclic amines) is 1. The lowest BCUT2D eigenvalue weighted by atomic mass is 9.43. The van der Waals surface area contributed by atoms with Gasteiger partial charge in [-0.1, -0.05) is 6.92 Å². The van der Waals surface area contributed by atoms with Crippen LogP contribution in [0.4, 0.5) is 0 Å². The van der Waals surface area contributed by atoms with Gasteiger partial charge in [-0.2, -0.15) is 0 Å². The molecule has 0 radical (unpaired) electrons. The third-order valence-electron chi connectivity index (χ3n) is 11.1. The number of hydrogen-bond acceptors (Lipinski definition) is 6. The highest BCUT2D eigenvalue weighted by Crippen LogP contribution is 2.79. The molecule has 1 aliphatic heterocycles. The minimum Gasteiger partial charge on any atom is -0.396 e. The van der Waals surface area contributed by atoms with Crippen molar-refractivity contribution in [3.05, 3.63) is 0 Å². The van der Waals surface area contributed by atoms with Crippen LogP contribution >= 0.6 is 0 Å². The van der Waals surface area contributed by atoms with E-state index in [0.717, 1.165) is 45.2 Å². The molecule has 164 valence electrons. The van der Waals surface area contributed by atoms with Gasteiger partial charge in [-0.15, -0.1) is 0 Å². The van der Waals surface area contributed by atoms with E-state index in [0.29, 0.717) is 5.92 Å². The molecule has 1 heterocycles. The second-order valence-corrected chi connectivity index (χ2v) is 11.1. The highest BCUT2D eigenvalue weighted by molar-refractivity contribution is 5.33. The van der Waals surface area contributed by atoms with Crippen molar-refractivity contribution < 1.29 is 24.8 Å². The Kier molecular flexibility index (Phi) is 4.00. The Morgan fingerprint density at radius 3 is 2.59 bits per heavy atom. The van der Waals surface area contributed by atoms with Crippen molar-refractivity contribution in [1.29, 1.82) is 0 Å². The van der Waals surface area contributed by atoms with Gasteiger partial charge in [0.15, 0.2) is 0 Å². The van der Waals surface area contributed by atoms with Crippen molar-refractivity contribution in [3.63, 3.8) is 0 Å². The average molecular weight is 408 g/mol. The summed E-state index contributed by atoms with van der Waals surface area (Å²) in [5, 5.41) is 33.8. The van der Waals surface area contributed by atoms with Crippen LogP contribution in [0.3, 0.4) is 0 Å². The van der Waals surface area contributed by atoms with Gasteiger partial charge in [0.1, 0.15) is 0 Å². The number of rotatable bonds is 4. The lowest BCUT2D eigenvalue weighted by Gasteiger charge is -2.69. The van der Waals surface area contributed by atoms with Crippen LogP contribution in [0.25, 0.3) is 0 Å². The van der Waals surface area contributed by atoms with E-state index in [4.69, 9.17) is 9.47 Å². The minimum atomic E-state index is -0.426. The first-order chi connectivity index (χ1) is 13.9. The Balaban J connectivity index is 1.60. The van der Waals surface area contributed by atoms with E-state index in [-0.39, 0.29) is 59.4 Å². The maximum Gasteiger partial charge on any atom is 0.0802 e. The largest absolute Gasteiger partial charge is 0.396 e. The normalized spacial score (nSPS) is 62.5. The topological polar surface area (TPSA) is 82.4 Å². The number of nitrogens with zero attached hydrogens (tertiary/aromatic N) is 1. The molecule has 7 bridgehead atoms. The molecule has 0 aromatic heterocycles. The summed E-state index contributed by atoms with van der Waals surface area (Å²) in [6.45, 7) is 4.28. The minimum absolute atomic E-state index is 0.0141. The Labute approximate surface area is 173 Å². The van der Waals surface area contributed by atoms with E-state index >= 15 is 0 Å². The summed E-state index contributed by atoms with van der Waals surface area (Å²) in [5.74, 6) is 1.01. The Morgan fingerprint density at radius 1 is 1.14 bits per heavy atom. The van der Waals surface area contributed by atoms with E-state index in [1.165, 1.54) is 0 Å². The van der Waals surface area contributed by atoms with Gasteiger partial charge in [0.25, 0.3) is 0 Å². The monoisotopic (exact) mass is 407 g/mol. The van der Waals surface area contributed by atoms with Crippen molar-refractivity contribution in [3.8, 4) is 0 Å². The summed E-state index contributed by atoms with van der Waals surface area (Å²) in [5.41, 5.74) is -0.758. The number of aliphatic hydroxyl groups is 3. The molecule has 0 amide bonds. The fourth-order valence-electron chi connectivity index (χ4n) is 10.4. The number of ether oxygens (including phenoxy) is 2. The van der Waals surface area contributed by atoms with Crippen molar-refractivity contribution in [1.82, 2.24) is 4.90 Å². The Bertz CT molecular complexity index is 705. The summed E-state index contributed by atoms with van der Waals surface area (Å²) < 4.78 is 12.4. The molecule has 6 rings (SSSR count). The van der Waals surface area contributed by atoms with Crippen LogP contribution in [-0.4, -0.2) is 84.1 Å². The smallest absolute Gasteiger partial charge is 0.0802 e. The fraction of sp³-hybridized carbons (Fsp3) is 1.00. The standard InChI is InChI=1S/C23H37NO5/c1-4-24-10-21(11-25)6-5-17(26)23-13-7-12-15(28-2)9-22(29-3,18(13)19(12)27)14(20(23)24)8-16(21)23/h12-20,25-27H,4-11H2,1-3H3/t12?,13?,14-,15-,16?,17?,18?,19-,20?,21-,22-,23+/m0/s1. The van der Waals surface area contributed by atoms with E-state index in [1.54, 1.807) is 7.11 Å². The van der Waals surface area contributed by atoms with Crippen LogP contribution in [0.2, 0.25) is 0 Å². The molecule has 6 fully saturated rings. The molecule has 12 atom stereocenters. The summed E-state index contributed by atoms with van der Waals surface area (Å²) in [6.07, 6.45) is 3.65. The van der Waals surface area contributed by atoms with Crippen LogP contribution in [0.1, 0.15) is 39.0 Å². The SMILES string of the molecule is CCN1C[C@]2(CO)CCC(O)[C@@]34C5CC6[C@H](O)C5[C@](OC)(C[C@@H]6OC)[C@@H](CC23)C14. The maximum atomic E-state index is 11.7. The van der Waals surface area contributed by atoms with Gasteiger partial charge < -0.3 is 24.8 Å². The molecule has 6 nitrogen and oxygen atoms in total.